The highest BCUT2D eigenvalue weighted by atomic mass is 16.5. The van der Waals surface area contributed by atoms with E-state index in [2.05, 4.69) is 5.32 Å². The third kappa shape index (κ3) is 2.85. The van der Waals surface area contributed by atoms with E-state index in [1.807, 2.05) is 31.2 Å². The highest BCUT2D eigenvalue weighted by Crippen LogP contribution is 2.27. The summed E-state index contributed by atoms with van der Waals surface area (Å²) in [7, 11) is 1.76. The van der Waals surface area contributed by atoms with Gasteiger partial charge in [0.05, 0.1) is 23.2 Å². The summed E-state index contributed by atoms with van der Waals surface area (Å²) in [5.41, 5.74) is 1.63. The van der Waals surface area contributed by atoms with Gasteiger partial charge in [-0.15, -0.1) is 0 Å². The molecule has 27 heavy (non-hydrogen) atoms. The highest BCUT2D eigenvalue weighted by Gasteiger charge is 2.19. The number of ether oxygens (including phenoxy) is 1. The number of fused-ring (bicyclic) bond motifs is 3. The maximum absolute atomic E-state index is 12.9. The first-order valence-electron chi connectivity index (χ1n) is 8.64. The Hall–Kier alpha value is -3.54. The number of hydrogen-bond donors (Lipinski definition) is 1. The zero-order valence-corrected chi connectivity index (χ0v) is 15.0. The second kappa shape index (κ2) is 6.64. The molecule has 0 bridgehead atoms. The molecule has 0 radical (unpaired) electrons. The monoisotopic (exact) mass is 362 g/mol. The van der Waals surface area contributed by atoms with Gasteiger partial charge in [-0.05, 0) is 37.3 Å². The van der Waals surface area contributed by atoms with Crippen molar-refractivity contribution in [2.45, 2.75) is 6.92 Å². The molecule has 0 fully saturated rings. The molecule has 0 aliphatic rings. The number of para-hydroxylation sites is 3. The molecule has 0 saturated carbocycles. The lowest BCUT2D eigenvalue weighted by Gasteiger charge is -2.11. The fraction of sp³-hybridized carbons (Fsp3) is 0.143. The number of amides is 1. The number of nitrogens with one attached hydrogen (secondary N) is 1. The zero-order valence-electron chi connectivity index (χ0n) is 15.0. The summed E-state index contributed by atoms with van der Waals surface area (Å²) in [6.07, 6.45) is 0. The van der Waals surface area contributed by atoms with Crippen LogP contribution in [0.1, 0.15) is 17.4 Å². The van der Waals surface area contributed by atoms with Crippen LogP contribution in [0.15, 0.2) is 63.8 Å². The molecule has 4 rings (SSSR count). The Bertz CT molecular complexity index is 1220. The van der Waals surface area contributed by atoms with E-state index < -0.39 is 5.63 Å². The first-order valence-corrected chi connectivity index (χ1v) is 8.64. The molecule has 0 aliphatic heterocycles. The van der Waals surface area contributed by atoms with Gasteiger partial charge in [0, 0.05) is 12.4 Å². The summed E-state index contributed by atoms with van der Waals surface area (Å²) in [4.78, 5) is 25.2. The molecule has 0 unspecified atom stereocenters. The number of aromatic nitrogens is 1. The predicted molar refractivity (Wildman–Crippen MR) is 105 cm³/mol. The largest absolute Gasteiger partial charge is 0.492 e. The second-order valence-corrected chi connectivity index (χ2v) is 6.12. The van der Waals surface area contributed by atoms with Crippen LogP contribution < -0.4 is 15.7 Å². The molecule has 0 spiro atoms. The number of rotatable bonds is 4. The summed E-state index contributed by atoms with van der Waals surface area (Å²) < 4.78 is 12.6. The van der Waals surface area contributed by atoms with E-state index in [-0.39, 0.29) is 5.91 Å². The Morgan fingerprint density at radius 3 is 2.67 bits per heavy atom. The van der Waals surface area contributed by atoms with Crippen LogP contribution in [-0.2, 0) is 7.05 Å². The van der Waals surface area contributed by atoms with Gasteiger partial charge in [0.15, 0.2) is 0 Å². The molecule has 0 saturated heterocycles. The number of benzene rings is 2. The number of carbonyl (C=O) groups is 1. The van der Waals surface area contributed by atoms with Crippen LogP contribution in [0.3, 0.4) is 0 Å². The predicted octanol–water partition coefficient (Wildman–Crippen LogP) is 3.94. The van der Waals surface area contributed by atoms with E-state index >= 15 is 0 Å². The van der Waals surface area contributed by atoms with Gasteiger partial charge >= 0.3 is 5.63 Å². The lowest BCUT2D eigenvalue weighted by molar-refractivity contribution is 0.101. The molecule has 1 N–H and O–H groups in total. The van der Waals surface area contributed by atoms with Crippen molar-refractivity contribution in [2.24, 2.45) is 7.05 Å². The van der Waals surface area contributed by atoms with Gasteiger partial charge in [0.2, 0.25) is 0 Å². The van der Waals surface area contributed by atoms with Crippen molar-refractivity contribution in [1.82, 2.24) is 4.57 Å². The molecule has 1 amide bonds. The number of hydrogen-bond acceptors (Lipinski definition) is 4. The fourth-order valence-corrected chi connectivity index (χ4v) is 3.25. The number of anilines is 1. The van der Waals surface area contributed by atoms with Crippen molar-refractivity contribution in [3.05, 3.63) is 70.7 Å². The maximum Gasteiger partial charge on any atom is 0.345 e. The van der Waals surface area contributed by atoms with Crippen molar-refractivity contribution in [2.75, 3.05) is 11.9 Å². The van der Waals surface area contributed by atoms with Gasteiger partial charge in [0.1, 0.15) is 17.0 Å². The van der Waals surface area contributed by atoms with Gasteiger partial charge < -0.3 is 19.0 Å². The normalized spacial score (nSPS) is 11.0. The van der Waals surface area contributed by atoms with E-state index in [1.165, 1.54) is 0 Å². The van der Waals surface area contributed by atoms with E-state index in [0.717, 1.165) is 5.39 Å². The molecular formula is C21H18N2O4. The number of carbonyl (C=O) groups excluding carboxylic acids is 1. The summed E-state index contributed by atoms with van der Waals surface area (Å²) in [6.45, 7) is 2.38. The Labute approximate surface area is 155 Å². The van der Waals surface area contributed by atoms with Gasteiger partial charge in [-0.3, -0.25) is 4.79 Å². The summed E-state index contributed by atoms with van der Waals surface area (Å²) in [5, 5.41) is 4.02. The SMILES string of the molecule is CCOc1ccccc1NC(=O)c1cc2c(=O)oc3ccccc3c2n1C. The van der Waals surface area contributed by atoms with Crippen molar-refractivity contribution in [3.63, 3.8) is 0 Å². The molecule has 136 valence electrons. The van der Waals surface area contributed by atoms with Crippen molar-refractivity contribution in [1.29, 1.82) is 0 Å². The molecule has 2 aromatic carbocycles. The third-order valence-electron chi connectivity index (χ3n) is 4.47. The fourth-order valence-electron chi connectivity index (χ4n) is 3.25. The van der Waals surface area contributed by atoms with Gasteiger partial charge in [0.25, 0.3) is 5.91 Å². The first-order chi connectivity index (χ1) is 13.1. The molecule has 6 nitrogen and oxygen atoms in total. The van der Waals surface area contributed by atoms with Crippen LogP contribution in [0, 0.1) is 0 Å². The summed E-state index contributed by atoms with van der Waals surface area (Å²) >= 11 is 0. The smallest absolute Gasteiger partial charge is 0.345 e. The average molecular weight is 362 g/mol. The molecular weight excluding hydrogens is 344 g/mol. The maximum atomic E-state index is 12.9. The number of aryl methyl sites for hydroxylation is 1. The Balaban J connectivity index is 1.82. The lowest BCUT2D eigenvalue weighted by Crippen LogP contribution is -2.16. The van der Waals surface area contributed by atoms with Crippen LogP contribution in [0.2, 0.25) is 0 Å². The van der Waals surface area contributed by atoms with Crippen molar-refractivity contribution in [3.8, 4) is 5.75 Å². The Morgan fingerprint density at radius 2 is 1.85 bits per heavy atom. The quantitative estimate of drug-likeness (QED) is 0.558. The van der Waals surface area contributed by atoms with Gasteiger partial charge in [-0.1, -0.05) is 24.3 Å². The lowest BCUT2D eigenvalue weighted by atomic mass is 10.2. The molecule has 0 aliphatic carbocycles. The topological polar surface area (TPSA) is 73.5 Å². The third-order valence-corrected chi connectivity index (χ3v) is 4.47. The second-order valence-electron chi connectivity index (χ2n) is 6.12. The van der Waals surface area contributed by atoms with Crippen LogP contribution in [0.25, 0.3) is 21.9 Å². The van der Waals surface area contributed by atoms with Crippen molar-refractivity contribution < 1.29 is 13.9 Å². The first kappa shape index (κ1) is 16.9. The minimum Gasteiger partial charge on any atom is -0.492 e. The number of nitrogens with zero attached hydrogens (tertiary/aromatic N) is 1. The van der Waals surface area contributed by atoms with Crippen LogP contribution in [-0.4, -0.2) is 17.1 Å². The van der Waals surface area contributed by atoms with Crippen LogP contribution in [0.5, 0.6) is 5.75 Å². The van der Waals surface area contributed by atoms with Crippen LogP contribution >= 0.6 is 0 Å². The van der Waals surface area contributed by atoms with Gasteiger partial charge in [-0.25, -0.2) is 4.79 Å². The molecule has 6 heteroatoms. The highest BCUT2D eigenvalue weighted by molar-refractivity contribution is 6.10. The minimum atomic E-state index is -0.465. The zero-order chi connectivity index (χ0) is 19.0. The van der Waals surface area contributed by atoms with E-state index in [0.29, 0.717) is 40.2 Å². The Kier molecular flexibility index (Phi) is 4.16. The van der Waals surface area contributed by atoms with Gasteiger partial charge in [-0.2, -0.15) is 0 Å². The summed E-state index contributed by atoms with van der Waals surface area (Å²) in [6, 6.07) is 16.1. The minimum absolute atomic E-state index is 0.329. The molecule has 2 heterocycles. The molecule has 4 aromatic rings. The van der Waals surface area contributed by atoms with E-state index in [9.17, 15) is 9.59 Å². The van der Waals surface area contributed by atoms with E-state index in [4.69, 9.17) is 9.15 Å². The molecule has 2 aromatic heterocycles. The average Bonchev–Trinajstić information content (AvgIpc) is 3.02. The standard InChI is InChI=1S/C21H18N2O4/c1-3-26-18-11-7-5-9-15(18)22-20(24)16-12-14-19(23(16)2)13-8-4-6-10-17(13)27-21(14)25/h4-12H,3H2,1-2H3,(H,22,24). The molecule has 0 atom stereocenters. The Morgan fingerprint density at radius 1 is 1.11 bits per heavy atom. The summed E-state index contributed by atoms with van der Waals surface area (Å²) in [5.74, 6) is 0.265. The van der Waals surface area contributed by atoms with Crippen molar-refractivity contribution >= 4 is 33.5 Å². The van der Waals surface area contributed by atoms with E-state index in [1.54, 1.807) is 41.9 Å². The van der Waals surface area contributed by atoms with Crippen LogP contribution in [0.4, 0.5) is 5.69 Å².